The van der Waals surface area contributed by atoms with Crippen molar-refractivity contribution in [2.75, 3.05) is 13.1 Å². The zero-order valence-electron chi connectivity index (χ0n) is 17.1. The van der Waals surface area contributed by atoms with Gasteiger partial charge >= 0.3 is 0 Å². The van der Waals surface area contributed by atoms with E-state index in [9.17, 15) is 14.4 Å². The summed E-state index contributed by atoms with van der Waals surface area (Å²) in [7, 11) is 0. The van der Waals surface area contributed by atoms with E-state index in [1.807, 2.05) is 24.0 Å². The Bertz CT molecular complexity index is 1050. The van der Waals surface area contributed by atoms with Gasteiger partial charge in [-0.15, -0.1) is 11.3 Å². The van der Waals surface area contributed by atoms with Gasteiger partial charge in [-0.25, -0.2) is 4.98 Å². The van der Waals surface area contributed by atoms with Gasteiger partial charge in [-0.05, 0) is 44.7 Å². The molecular formula is C22H26N4O3S. The first-order valence-corrected chi connectivity index (χ1v) is 11.6. The number of aromatic nitrogens is 2. The van der Waals surface area contributed by atoms with Gasteiger partial charge in [0.15, 0.2) is 0 Å². The molecule has 2 fully saturated rings. The second-order valence-corrected chi connectivity index (χ2v) is 9.87. The number of nitrogens with zero attached hydrogens (tertiary/aromatic N) is 3. The summed E-state index contributed by atoms with van der Waals surface area (Å²) in [5.74, 6) is 0.940. The Morgan fingerprint density at radius 1 is 1.17 bits per heavy atom. The average molecular weight is 427 g/mol. The van der Waals surface area contributed by atoms with Gasteiger partial charge in [0, 0.05) is 30.3 Å². The van der Waals surface area contributed by atoms with Gasteiger partial charge in [0.25, 0.3) is 11.5 Å². The Kier molecular flexibility index (Phi) is 4.97. The van der Waals surface area contributed by atoms with E-state index >= 15 is 0 Å². The lowest BCUT2D eigenvalue weighted by Gasteiger charge is -2.33. The van der Waals surface area contributed by atoms with Crippen LogP contribution in [0.25, 0.3) is 0 Å². The molecule has 2 aromatic rings. The van der Waals surface area contributed by atoms with E-state index in [0.717, 1.165) is 49.2 Å². The molecule has 0 unspecified atom stereocenters. The monoisotopic (exact) mass is 426 g/mol. The molecule has 1 aliphatic carbocycles. The predicted octanol–water partition coefficient (Wildman–Crippen LogP) is 2.80. The molecule has 5 rings (SSSR count). The third kappa shape index (κ3) is 3.37. The molecule has 158 valence electrons. The highest BCUT2D eigenvalue weighted by molar-refractivity contribution is 7.13. The number of aryl methyl sites for hydroxylation is 1. The molecular weight excluding hydrogens is 400 g/mol. The molecule has 1 saturated carbocycles. The van der Waals surface area contributed by atoms with Crippen molar-refractivity contribution in [3.8, 4) is 0 Å². The number of aromatic amines is 1. The standard InChI is InChI=1S/C22H26N4O3S/c1-13-7-8-18(30-13)22(29)25-11-9-16-15(12-25)20(27)24-19(23-16)17-6-3-10-26(17)21(28)14-4-2-5-14/h7-8,14,17H,2-6,9-12H2,1H3,(H,23,24,27)/t17-/m0/s1. The van der Waals surface area contributed by atoms with Crippen LogP contribution in [-0.2, 0) is 17.8 Å². The molecule has 0 bridgehead atoms. The first kappa shape index (κ1) is 19.5. The highest BCUT2D eigenvalue weighted by atomic mass is 32.1. The van der Waals surface area contributed by atoms with E-state index in [-0.39, 0.29) is 35.9 Å². The quantitative estimate of drug-likeness (QED) is 0.818. The molecule has 3 aliphatic rings. The summed E-state index contributed by atoms with van der Waals surface area (Å²) in [6, 6.07) is 3.65. The molecule has 7 nitrogen and oxygen atoms in total. The molecule has 0 spiro atoms. The maximum absolute atomic E-state index is 12.9. The summed E-state index contributed by atoms with van der Waals surface area (Å²) in [5.41, 5.74) is 1.16. The third-order valence-electron chi connectivity index (χ3n) is 6.63. The van der Waals surface area contributed by atoms with E-state index < -0.39 is 0 Å². The molecule has 1 N–H and O–H groups in total. The van der Waals surface area contributed by atoms with Crippen molar-refractivity contribution >= 4 is 23.2 Å². The normalized spacial score (nSPS) is 21.4. The molecule has 0 radical (unpaired) electrons. The minimum absolute atomic E-state index is 0.0321. The van der Waals surface area contributed by atoms with Crippen LogP contribution in [0.4, 0.5) is 0 Å². The number of rotatable bonds is 3. The first-order valence-electron chi connectivity index (χ1n) is 10.8. The van der Waals surface area contributed by atoms with E-state index in [4.69, 9.17) is 4.98 Å². The molecule has 30 heavy (non-hydrogen) atoms. The van der Waals surface area contributed by atoms with Crippen molar-refractivity contribution in [1.29, 1.82) is 0 Å². The lowest BCUT2D eigenvalue weighted by molar-refractivity contribution is -0.139. The molecule has 1 saturated heterocycles. The van der Waals surface area contributed by atoms with Crippen molar-refractivity contribution < 1.29 is 9.59 Å². The fourth-order valence-electron chi connectivity index (χ4n) is 4.69. The van der Waals surface area contributed by atoms with Gasteiger partial charge in [0.05, 0.1) is 28.7 Å². The van der Waals surface area contributed by atoms with Gasteiger partial charge in [-0.2, -0.15) is 0 Å². The van der Waals surface area contributed by atoms with Crippen LogP contribution in [0, 0.1) is 12.8 Å². The topological polar surface area (TPSA) is 86.4 Å². The lowest BCUT2D eigenvalue weighted by Crippen LogP contribution is -2.41. The number of hydrogen-bond donors (Lipinski definition) is 1. The van der Waals surface area contributed by atoms with Crippen molar-refractivity contribution in [3.63, 3.8) is 0 Å². The van der Waals surface area contributed by atoms with Crippen LogP contribution in [0.5, 0.6) is 0 Å². The van der Waals surface area contributed by atoms with Crippen LogP contribution in [0.15, 0.2) is 16.9 Å². The average Bonchev–Trinajstić information content (AvgIpc) is 3.35. The summed E-state index contributed by atoms with van der Waals surface area (Å²) in [6.07, 6.45) is 5.41. The van der Waals surface area contributed by atoms with E-state index in [2.05, 4.69) is 4.98 Å². The number of hydrogen-bond acceptors (Lipinski definition) is 5. The fourth-order valence-corrected chi connectivity index (χ4v) is 5.52. The summed E-state index contributed by atoms with van der Waals surface area (Å²) in [4.78, 5) is 51.7. The van der Waals surface area contributed by atoms with Gasteiger partial charge < -0.3 is 14.8 Å². The highest BCUT2D eigenvalue weighted by Crippen LogP contribution is 2.36. The smallest absolute Gasteiger partial charge is 0.264 e. The van der Waals surface area contributed by atoms with E-state index in [0.29, 0.717) is 29.2 Å². The zero-order valence-corrected chi connectivity index (χ0v) is 18.0. The molecule has 4 heterocycles. The second-order valence-electron chi connectivity index (χ2n) is 8.58. The van der Waals surface area contributed by atoms with Gasteiger partial charge in [-0.1, -0.05) is 6.42 Å². The number of H-pyrrole nitrogens is 1. The Morgan fingerprint density at radius 2 is 2.00 bits per heavy atom. The third-order valence-corrected chi connectivity index (χ3v) is 7.62. The summed E-state index contributed by atoms with van der Waals surface area (Å²) in [5, 5.41) is 0. The molecule has 8 heteroatoms. The van der Waals surface area contributed by atoms with Crippen molar-refractivity contribution in [2.24, 2.45) is 5.92 Å². The SMILES string of the molecule is Cc1ccc(C(=O)N2CCc3nc([C@@H]4CCCN4C(=O)C4CCC4)[nH]c(=O)c3C2)s1. The Morgan fingerprint density at radius 3 is 2.70 bits per heavy atom. The van der Waals surface area contributed by atoms with E-state index in [1.54, 1.807) is 4.90 Å². The summed E-state index contributed by atoms with van der Waals surface area (Å²) >= 11 is 1.48. The van der Waals surface area contributed by atoms with Crippen LogP contribution >= 0.6 is 11.3 Å². The largest absolute Gasteiger partial charge is 0.333 e. The summed E-state index contributed by atoms with van der Waals surface area (Å²) in [6.45, 7) is 3.55. The Hall–Kier alpha value is -2.48. The van der Waals surface area contributed by atoms with E-state index in [1.165, 1.54) is 11.3 Å². The maximum atomic E-state index is 12.9. The summed E-state index contributed by atoms with van der Waals surface area (Å²) < 4.78 is 0. The van der Waals surface area contributed by atoms with Crippen LogP contribution in [0.3, 0.4) is 0 Å². The van der Waals surface area contributed by atoms with Crippen LogP contribution < -0.4 is 5.56 Å². The number of carbonyl (C=O) groups excluding carboxylic acids is 2. The molecule has 1 atom stereocenters. The van der Waals surface area contributed by atoms with Gasteiger partial charge in [-0.3, -0.25) is 14.4 Å². The Balaban J connectivity index is 1.37. The van der Waals surface area contributed by atoms with Crippen LogP contribution in [-0.4, -0.2) is 44.7 Å². The predicted molar refractivity (Wildman–Crippen MR) is 113 cm³/mol. The van der Waals surface area contributed by atoms with Crippen LogP contribution in [0.2, 0.25) is 0 Å². The zero-order chi connectivity index (χ0) is 20.8. The molecule has 2 aliphatic heterocycles. The van der Waals surface area contributed by atoms with Crippen molar-refractivity contribution in [1.82, 2.24) is 19.8 Å². The first-order chi connectivity index (χ1) is 14.5. The molecule has 0 aromatic carbocycles. The Labute approximate surface area is 179 Å². The number of carbonyl (C=O) groups is 2. The molecule has 2 amide bonds. The van der Waals surface area contributed by atoms with Gasteiger partial charge in [0.1, 0.15) is 5.82 Å². The van der Waals surface area contributed by atoms with Crippen molar-refractivity contribution in [3.05, 3.63) is 49.3 Å². The molecule has 2 aromatic heterocycles. The van der Waals surface area contributed by atoms with Gasteiger partial charge in [0.2, 0.25) is 5.91 Å². The van der Waals surface area contributed by atoms with Crippen LogP contribution in [0.1, 0.15) is 69.8 Å². The minimum atomic E-state index is -0.183. The number of amides is 2. The number of nitrogens with one attached hydrogen (secondary N) is 1. The number of thiophene rings is 1. The van der Waals surface area contributed by atoms with Crippen molar-refractivity contribution in [2.45, 2.75) is 58.0 Å². The second kappa shape index (κ2) is 7.65. The lowest BCUT2D eigenvalue weighted by atomic mass is 9.84. The fraction of sp³-hybridized carbons (Fsp3) is 0.545. The number of likely N-dealkylation sites (tertiary alicyclic amines) is 1. The number of fused-ring (bicyclic) bond motifs is 1. The maximum Gasteiger partial charge on any atom is 0.264 e. The minimum Gasteiger partial charge on any atom is -0.333 e. The highest BCUT2D eigenvalue weighted by Gasteiger charge is 2.38.